The molecule has 0 aliphatic carbocycles. The number of aromatic hydroxyl groups is 1. The van der Waals surface area contributed by atoms with Crippen LogP contribution in [0.3, 0.4) is 0 Å². The van der Waals surface area contributed by atoms with Crippen molar-refractivity contribution < 1.29 is 14.9 Å². The van der Waals surface area contributed by atoms with E-state index in [1.165, 1.54) is 11.3 Å². The first kappa shape index (κ1) is 16.8. The lowest BCUT2D eigenvalue weighted by molar-refractivity contribution is -0.130. The molecule has 5 rings (SSSR count). The molecule has 0 amide bonds. The number of ether oxygens (including phenoxy) is 1. The minimum Gasteiger partial charge on any atom is -0.508 e. The number of piperidine rings is 3. The van der Waals surface area contributed by atoms with Gasteiger partial charge in [0, 0.05) is 0 Å². The van der Waals surface area contributed by atoms with Crippen LogP contribution in [0.15, 0.2) is 29.8 Å². The van der Waals surface area contributed by atoms with Crippen LogP contribution in [0.2, 0.25) is 0 Å². The van der Waals surface area contributed by atoms with E-state index in [0.717, 1.165) is 49.3 Å². The molecule has 2 aromatic rings. The molecule has 1 aromatic heterocycles. The quantitative estimate of drug-likeness (QED) is 0.687. The largest absolute Gasteiger partial charge is 0.508 e. The Balaban J connectivity index is 1.38. The summed E-state index contributed by atoms with van der Waals surface area (Å²) in [5.41, 5.74) is 2.78. The fourth-order valence-corrected chi connectivity index (χ4v) is 4.48. The third-order valence-corrected chi connectivity index (χ3v) is 6.23. The van der Waals surface area contributed by atoms with E-state index < -0.39 is 6.41 Å². The van der Waals surface area contributed by atoms with Crippen molar-refractivity contribution in [1.29, 1.82) is 0 Å². The number of anilines is 1. The highest BCUT2D eigenvalue weighted by Crippen LogP contribution is 2.40. The van der Waals surface area contributed by atoms with Gasteiger partial charge in [-0.2, -0.15) is 0 Å². The second-order valence-electron chi connectivity index (χ2n) is 6.98. The summed E-state index contributed by atoms with van der Waals surface area (Å²) in [6, 6.07) is 7.00. The summed E-state index contributed by atoms with van der Waals surface area (Å²) >= 11 is 1.45. The van der Waals surface area contributed by atoms with Crippen molar-refractivity contribution in [3.8, 4) is 16.2 Å². The molecular formula is C18H23N3O3S. The SMILES string of the molecule is Oc1cccc(-c2scnc2NC(O)OCC23CCN(CC2)CC3)c1. The number of aromatic nitrogens is 1. The van der Waals surface area contributed by atoms with E-state index in [0.29, 0.717) is 12.4 Å². The predicted octanol–water partition coefficient (Wildman–Crippen LogP) is 2.71. The molecule has 1 unspecified atom stereocenters. The van der Waals surface area contributed by atoms with E-state index in [1.54, 1.807) is 23.7 Å². The molecule has 3 saturated heterocycles. The minimum atomic E-state index is -1.09. The van der Waals surface area contributed by atoms with Gasteiger partial charge in [-0.15, -0.1) is 11.3 Å². The first-order valence-corrected chi connectivity index (χ1v) is 9.53. The predicted molar refractivity (Wildman–Crippen MR) is 97.5 cm³/mol. The zero-order valence-corrected chi connectivity index (χ0v) is 14.8. The lowest BCUT2D eigenvalue weighted by atomic mass is 9.73. The van der Waals surface area contributed by atoms with Crippen molar-refractivity contribution in [2.24, 2.45) is 5.41 Å². The maximum Gasteiger partial charge on any atom is 0.236 e. The number of aliphatic hydroxyl groups is 1. The number of hydrogen-bond acceptors (Lipinski definition) is 7. The Hall–Kier alpha value is -1.67. The summed E-state index contributed by atoms with van der Waals surface area (Å²) in [6.45, 7) is 3.99. The van der Waals surface area contributed by atoms with Crippen LogP contribution >= 0.6 is 11.3 Å². The Morgan fingerprint density at radius 3 is 2.76 bits per heavy atom. The molecule has 1 atom stereocenters. The molecule has 3 N–H and O–H groups in total. The Labute approximate surface area is 151 Å². The topological polar surface area (TPSA) is 77.9 Å². The van der Waals surface area contributed by atoms with E-state index in [9.17, 15) is 10.2 Å². The fraction of sp³-hybridized carbons (Fsp3) is 0.500. The molecule has 25 heavy (non-hydrogen) atoms. The third kappa shape index (κ3) is 3.64. The van der Waals surface area contributed by atoms with Gasteiger partial charge in [0.2, 0.25) is 6.41 Å². The number of benzene rings is 1. The normalized spacial score (nSPS) is 26.5. The van der Waals surface area contributed by atoms with Crippen LogP contribution in [0.25, 0.3) is 10.4 Å². The average Bonchev–Trinajstić information content (AvgIpc) is 3.10. The van der Waals surface area contributed by atoms with Crippen LogP contribution in [-0.4, -0.2) is 52.8 Å². The van der Waals surface area contributed by atoms with Crippen LogP contribution in [-0.2, 0) is 4.74 Å². The summed E-state index contributed by atoms with van der Waals surface area (Å²) in [4.78, 5) is 7.64. The highest BCUT2D eigenvalue weighted by Gasteiger charge is 2.39. The van der Waals surface area contributed by atoms with Gasteiger partial charge in [-0.1, -0.05) is 12.1 Å². The van der Waals surface area contributed by atoms with Gasteiger partial charge in [0.25, 0.3) is 0 Å². The maximum atomic E-state index is 10.3. The smallest absolute Gasteiger partial charge is 0.236 e. The summed E-state index contributed by atoms with van der Waals surface area (Å²) in [5, 5.41) is 22.9. The van der Waals surface area contributed by atoms with Gasteiger partial charge >= 0.3 is 0 Å². The first-order chi connectivity index (χ1) is 12.1. The molecule has 7 heteroatoms. The zero-order chi connectivity index (χ0) is 17.3. The lowest BCUT2D eigenvalue weighted by Crippen LogP contribution is -2.50. The molecule has 0 saturated carbocycles. The van der Waals surface area contributed by atoms with Crippen molar-refractivity contribution in [2.45, 2.75) is 25.7 Å². The van der Waals surface area contributed by atoms with Crippen LogP contribution in [0.4, 0.5) is 5.82 Å². The van der Waals surface area contributed by atoms with E-state index in [2.05, 4.69) is 15.2 Å². The van der Waals surface area contributed by atoms with E-state index in [1.807, 2.05) is 6.07 Å². The van der Waals surface area contributed by atoms with Gasteiger partial charge < -0.3 is 25.2 Å². The molecule has 3 aliphatic rings. The second kappa shape index (κ2) is 6.92. The van der Waals surface area contributed by atoms with Gasteiger partial charge in [-0.3, -0.25) is 0 Å². The van der Waals surface area contributed by atoms with Crippen molar-refractivity contribution >= 4 is 17.2 Å². The van der Waals surface area contributed by atoms with Gasteiger partial charge in [-0.25, -0.2) is 4.98 Å². The van der Waals surface area contributed by atoms with Gasteiger partial charge in [-0.05, 0) is 62.0 Å². The number of nitrogens with one attached hydrogen (secondary N) is 1. The van der Waals surface area contributed by atoms with Crippen LogP contribution < -0.4 is 5.32 Å². The summed E-state index contributed by atoms with van der Waals surface area (Å²) in [5.74, 6) is 0.774. The van der Waals surface area contributed by atoms with Crippen molar-refractivity contribution in [2.75, 3.05) is 31.6 Å². The Morgan fingerprint density at radius 1 is 1.28 bits per heavy atom. The summed E-state index contributed by atoms with van der Waals surface area (Å²) in [6.07, 6.45) is 2.34. The standard InChI is InChI=1S/C18H23N3O3S/c22-14-3-1-2-13(10-14)15-16(19-12-25-15)20-17(23)24-11-18-4-7-21(8-5-18)9-6-18/h1-3,10,12,17,20,22-23H,4-9,11H2. The van der Waals surface area contributed by atoms with Crippen LogP contribution in [0, 0.1) is 5.41 Å². The van der Waals surface area contributed by atoms with Crippen LogP contribution in [0.1, 0.15) is 19.3 Å². The molecule has 134 valence electrons. The highest BCUT2D eigenvalue weighted by molar-refractivity contribution is 7.13. The number of aliphatic hydroxyl groups excluding tert-OH is 1. The van der Waals surface area contributed by atoms with Crippen molar-refractivity contribution in [3.05, 3.63) is 29.8 Å². The Morgan fingerprint density at radius 2 is 2.04 bits per heavy atom. The number of fused-ring (bicyclic) bond motifs is 3. The number of nitrogens with zero attached hydrogens (tertiary/aromatic N) is 2. The van der Waals surface area contributed by atoms with Gasteiger partial charge in [0.15, 0.2) is 0 Å². The Bertz CT molecular complexity index is 714. The maximum absolute atomic E-state index is 10.3. The molecule has 3 fully saturated rings. The third-order valence-electron chi connectivity index (χ3n) is 5.36. The average molecular weight is 361 g/mol. The second-order valence-corrected chi connectivity index (χ2v) is 7.83. The Kier molecular flexibility index (Phi) is 4.64. The fourth-order valence-electron chi connectivity index (χ4n) is 3.73. The van der Waals surface area contributed by atoms with E-state index in [-0.39, 0.29) is 11.2 Å². The molecule has 6 nitrogen and oxygen atoms in total. The summed E-state index contributed by atoms with van der Waals surface area (Å²) < 4.78 is 5.73. The molecule has 4 heterocycles. The summed E-state index contributed by atoms with van der Waals surface area (Å²) in [7, 11) is 0. The molecule has 1 aromatic carbocycles. The van der Waals surface area contributed by atoms with Crippen molar-refractivity contribution in [1.82, 2.24) is 9.88 Å². The number of thiazole rings is 1. The van der Waals surface area contributed by atoms with Gasteiger partial charge in [0.05, 0.1) is 17.0 Å². The van der Waals surface area contributed by atoms with Crippen LogP contribution in [0.5, 0.6) is 5.75 Å². The highest BCUT2D eigenvalue weighted by atomic mass is 32.1. The molecule has 0 spiro atoms. The van der Waals surface area contributed by atoms with E-state index >= 15 is 0 Å². The number of hydrogen-bond donors (Lipinski definition) is 3. The molecule has 0 radical (unpaired) electrons. The monoisotopic (exact) mass is 361 g/mol. The van der Waals surface area contributed by atoms with Crippen molar-refractivity contribution in [3.63, 3.8) is 0 Å². The number of rotatable bonds is 6. The molecule has 2 bridgehead atoms. The zero-order valence-electron chi connectivity index (χ0n) is 14.0. The minimum absolute atomic E-state index is 0.205. The first-order valence-electron chi connectivity index (χ1n) is 8.65. The lowest BCUT2D eigenvalue weighted by Gasteiger charge is -2.48. The number of phenolic OH excluding ortho intramolecular Hbond substituents is 1. The van der Waals surface area contributed by atoms with E-state index in [4.69, 9.17) is 4.74 Å². The van der Waals surface area contributed by atoms with Gasteiger partial charge in [0.1, 0.15) is 11.6 Å². The molecule has 3 aliphatic heterocycles. The molecular weight excluding hydrogens is 338 g/mol. The number of phenols is 1.